The van der Waals surface area contributed by atoms with E-state index in [1.54, 1.807) is 5.57 Å². The van der Waals surface area contributed by atoms with Crippen LogP contribution in [0.15, 0.2) is 11.6 Å². The van der Waals surface area contributed by atoms with Gasteiger partial charge in [0, 0.05) is 6.61 Å². The van der Waals surface area contributed by atoms with Crippen LogP contribution in [0.2, 0.25) is 0 Å². The molecule has 4 rings (SSSR count). The fraction of sp³-hybridized carbons (Fsp3) is 0.889. The Bertz CT molecular complexity index is 443. The Hall–Kier alpha value is -0.340. The van der Waals surface area contributed by atoms with E-state index in [4.69, 9.17) is 4.74 Å². The van der Waals surface area contributed by atoms with Gasteiger partial charge in [-0.1, -0.05) is 26.3 Å². The highest BCUT2D eigenvalue weighted by Crippen LogP contribution is 2.61. The summed E-state index contributed by atoms with van der Waals surface area (Å²) in [5.74, 6) is 1.14. The third-order valence-corrected chi connectivity index (χ3v) is 7.23. The molecule has 1 N–H and O–H groups in total. The van der Waals surface area contributed by atoms with E-state index in [1.165, 1.54) is 32.1 Å². The maximum absolute atomic E-state index is 10.4. The van der Waals surface area contributed by atoms with Crippen LogP contribution in [-0.2, 0) is 4.74 Å². The van der Waals surface area contributed by atoms with E-state index < -0.39 is 0 Å². The molecule has 112 valence electrons. The lowest BCUT2D eigenvalue weighted by atomic mass is 9.49. The highest BCUT2D eigenvalue weighted by Gasteiger charge is 2.56. The number of aliphatic hydroxyl groups excluding tert-OH is 1. The second-order valence-electron chi connectivity index (χ2n) is 8.26. The first kappa shape index (κ1) is 13.3. The summed E-state index contributed by atoms with van der Waals surface area (Å²) in [4.78, 5) is 0. The number of fused-ring (bicyclic) bond motifs is 5. The lowest BCUT2D eigenvalue weighted by molar-refractivity contribution is -0.0725. The van der Waals surface area contributed by atoms with Crippen LogP contribution in [-0.4, -0.2) is 23.9 Å². The summed E-state index contributed by atoms with van der Waals surface area (Å²) in [7, 11) is 0. The minimum atomic E-state index is -0.0793. The minimum Gasteiger partial charge on any atom is -0.393 e. The van der Waals surface area contributed by atoms with Gasteiger partial charge in [-0.3, -0.25) is 0 Å². The van der Waals surface area contributed by atoms with Gasteiger partial charge in [-0.2, -0.15) is 0 Å². The fourth-order valence-electron chi connectivity index (χ4n) is 5.92. The van der Waals surface area contributed by atoms with Crippen molar-refractivity contribution in [1.29, 1.82) is 0 Å². The van der Waals surface area contributed by atoms with Gasteiger partial charge >= 0.3 is 0 Å². The quantitative estimate of drug-likeness (QED) is 0.684. The Morgan fingerprint density at radius 1 is 1.20 bits per heavy atom. The molecule has 0 spiro atoms. The molecule has 4 aliphatic rings. The third kappa shape index (κ3) is 1.64. The highest BCUT2D eigenvalue weighted by molar-refractivity contribution is 5.28. The predicted octanol–water partition coefficient (Wildman–Crippen LogP) is 3.69. The highest BCUT2D eigenvalue weighted by atomic mass is 16.5. The fourth-order valence-corrected chi connectivity index (χ4v) is 5.92. The lowest BCUT2D eigenvalue weighted by Gasteiger charge is -2.56. The molecule has 0 radical (unpaired) electrons. The van der Waals surface area contributed by atoms with Crippen molar-refractivity contribution in [1.82, 2.24) is 0 Å². The Morgan fingerprint density at radius 3 is 2.90 bits per heavy atom. The standard InChI is InChI=1S/C18H28O2/c1-17-9-7-13-12(16(17)20-11-10-17)5-6-14-15(19)4-3-8-18(13,14)2/h5,13-16,19H,3-4,6-11H2,1-2H3/t13-,14-,15+,16+,17+,18+/m0/s1. The van der Waals surface area contributed by atoms with Crippen molar-refractivity contribution in [3.8, 4) is 0 Å². The van der Waals surface area contributed by atoms with Crippen molar-refractivity contribution in [3.05, 3.63) is 11.6 Å². The van der Waals surface area contributed by atoms with Crippen LogP contribution >= 0.6 is 0 Å². The number of aliphatic hydroxyl groups is 1. The first-order valence-corrected chi connectivity index (χ1v) is 8.54. The molecule has 1 saturated heterocycles. The van der Waals surface area contributed by atoms with Gasteiger partial charge in [-0.05, 0) is 66.8 Å². The maximum atomic E-state index is 10.4. The molecular formula is C18H28O2. The summed E-state index contributed by atoms with van der Waals surface area (Å²) in [6.07, 6.45) is 11.2. The van der Waals surface area contributed by atoms with Crippen molar-refractivity contribution in [2.75, 3.05) is 6.61 Å². The van der Waals surface area contributed by atoms with Crippen LogP contribution in [0.5, 0.6) is 0 Å². The number of hydrogen-bond acceptors (Lipinski definition) is 2. The Balaban J connectivity index is 1.72. The van der Waals surface area contributed by atoms with Gasteiger partial charge < -0.3 is 9.84 Å². The van der Waals surface area contributed by atoms with E-state index in [1.807, 2.05) is 0 Å². The molecular weight excluding hydrogens is 248 g/mol. The van der Waals surface area contributed by atoms with Crippen LogP contribution in [0.4, 0.5) is 0 Å². The molecule has 3 aliphatic carbocycles. The molecule has 1 aliphatic heterocycles. The van der Waals surface area contributed by atoms with Crippen molar-refractivity contribution in [2.24, 2.45) is 22.7 Å². The Labute approximate surface area is 122 Å². The van der Waals surface area contributed by atoms with Crippen LogP contribution in [0.25, 0.3) is 0 Å². The second kappa shape index (κ2) is 4.33. The number of allylic oxidation sites excluding steroid dienone is 1. The molecule has 3 fully saturated rings. The van der Waals surface area contributed by atoms with E-state index >= 15 is 0 Å². The zero-order valence-corrected chi connectivity index (χ0v) is 12.9. The first-order chi connectivity index (χ1) is 9.55. The number of rotatable bonds is 0. The molecule has 0 aromatic rings. The van der Waals surface area contributed by atoms with Gasteiger partial charge in [0.1, 0.15) is 0 Å². The van der Waals surface area contributed by atoms with Crippen molar-refractivity contribution in [3.63, 3.8) is 0 Å². The summed E-state index contributed by atoms with van der Waals surface area (Å²) >= 11 is 0. The summed E-state index contributed by atoms with van der Waals surface area (Å²) in [5, 5.41) is 10.4. The monoisotopic (exact) mass is 276 g/mol. The second-order valence-corrected chi connectivity index (χ2v) is 8.26. The average molecular weight is 276 g/mol. The van der Waals surface area contributed by atoms with E-state index in [-0.39, 0.29) is 6.10 Å². The van der Waals surface area contributed by atoms with Gasteiger partial charge in [0.05, 0.1) is 12.2 Å². The van der Waals surface area contributed by atoms with Gasteiger partial charge in [-0.25, -0.2) is 0 Å². The van der Waals surface area contributed by atoms with E-state index in [0.717, 1.165) is 19.4 Å². The van der Waals surface area contributed by atoms with E-state index in [2.05, 4.69) is 19.9 Å². The van der Waals surface area contributed by atoms with Gasteiger partial charge in [0.25, 0.3) is 0 Å². The number of ether oxygens (including phenoxy) is 1. The SMILES string of the molecule is C[C@@]12CCO[C@@H]1C1=CC[C@H]3[C@H](O)CCC[C@]3(C)[C@H]1CC2. The predicted molar refractivity (Wildman–Crippen MR) is 79.3 cm³/mol. The number of hydrogen-bond donors (Lipinski definition) is 1. The molecule has 2 nitrogen and oxygen atoms in total. The van der Waals surface area contributed by atoms with Gasteiger partial charge in [-0.15, -0.1) is 0 Å². The molecule has 0 unspecified atom stereocenters. The molecule has 0 aromatic carbocycles. The van der Waals surface area contributed by atoms with Gasteiger partial charge in [0.15, 0.2) is 0 Å². The van der Waals surface area contributed by atoms with Crippen molar-refractivity contribution >= 4 is 0 Å². The Morgan fingerprint density at radius 2 is 2.05 bits per heavy atom. The summed E-state index contributed by atoms with van der Waals surface area (Å²) < 4.78 is 6.15. The molecule has 0 amide bonds. The molecule has 20 heavy (non-hydrogen) atoms. The Kier molecular flexibility index (Phi) is 2.89. The zero-order chi connectivity index (χ0) is 14.0. The van der Waals surface area contributed by atoms with E-state index in [0.29, 0.717) is 28.8 Å². The van der Waals surface area contributed by atoms with Crippen molar-refractivity contribution < 1.29 is 9.84 Å². The summed E-state index contributed by atoms with van der Waals surface area (Å²) in [5.41, 5.74) is 2.30. The molecule has 2 heteroatoms. The first-order valence-electron chi connectivity index (χ1n) is 8.54. The normalized spacial score (nSPS) is 54.6. The maximum Gasteiger partial charge on any atom is 0.0842 e. The smallest absolute Gasteiger partial charge is 0.0842 e. The molecule has 0 bridgehead atoms. The van der Waals surface area contributed by atoms with Crippen molar-refractivity contribution in [2.45, 2.75) is 71.0 Å². The van der Waals surface area contributed by atoms with Gasteiger partial charge in [0.2, 0.25) is 0 Å². The largest absolute Gasteiger partial charge is 0.393 e. The van der Waals surface area contributed by atoms with Crippen LogP contribution in [0, 0.1) is 22.7 Å². The third-order valence-electron chi connectivity index (χ3n) is 7.23. The topological polar surface area (TPSA) is 29.5 Å². The van der Waals surface area contributed by atoms with E-state index in [9.17, 15) is 5.11 Å². The van der Waals surface area contributed by atoms with Crippen LogP contribution in [0.3, 0.4) is 0 Å². The molecule has 1 heterocycles. The molecule has 6 atom stereocenters. The lowest BCUT2D eigenvalue weighted by Crippen LogP contribution is -2.52. The minimum absolute atomic E-state index is 0.0793. The average Bonchev–Trinajstić information content (AvgIpc) is 2.80. The van der Waals surface area contributed by atoms with Crippen LogP contribution < -0.4 is 0 Å². The summed E-state index contributed by atoms with van der Waals surface area (Å²) in [6, 6.07) is 0. The summed E-state index contributed by atoms with van der Waals surface area (Å²) in [6.45, 7) is 5.81. The van der Waals surface area contributed by atoms with Crippen LogP contribution in [0.1, 0.15) is 58.8 Å². The molecule has 2 saturated carbocycles. The zero-order valence-electron chi connectivity index (χ0n) is 12.9. The molecule has 0 aromatic heterocycles.